The van der Waals surface area contributed by atoms with Crippen LogP contribution in [0.1, 0.15) is 23.6 Å². The monoisotopic (exact) mass is 326 g/mol. The van der Waals surface area contributed by atoms with E-state index in [0.29, 0.717) is 6.42 Å². The molecule has 0 bridgehead atoms. The average Bonchev–Trinajstić information content (AvgIpc) is 2.62. The van der Waals surface area contributed by atoms with Crippen LogP contribution in [0.5, 0.6) is 0 Å². The Bertz CT molecular complexity index is 659. The van der Waals surface area contributed by atoms with Gasteiger partial charge in [0.2, 0.25) is 5.91 Å². The van der Waals surface area contributed by atoms with Crippen molar-refractivity contribution in [1.82, 2.24) is 5.32 Å². The fourth-order valence-corrected chi connectivity index (χ4v) is 2.46. The summed E-state index contributed by atoms with van der Waals surface area (Å²) in [4.78, 5) is 24.2. The van der Waals surface area contributed by atoms with Gasteiger partial charge in [0.25, 0.3) is 0 Å². The minimum Gasteiger partial charge on any atom is -0.467 e. The number of ether oxygens (including phenoxy) is 1. The summed E-state index contributed by atoms with van der Waals surface area (Å²) in [6.07, 6.45) is 0.478. The lowest BCUT2D eigenvalue weighted by Crippen LogP contribution is -2.43. The normalized spacial score (nSPS) is 12.9. The maximum absolute atomic E-state index is 12.2. The quantitative estimate of drug-likeness (QED) is 0.762. The van der Waals surface area contributed by atoms with Crippen LogP contribution >= 0.6 is 0 Å². The number of carbonyl (C=O) groups excluding carboxylic acids is 2. The Labute approximate surface area is 141 Å². The lowest BCUT2D eigenvalue weighted by Gasteiger charge is -2.18. The van der Waals surface area contributed by atoms with Crippen molar-refractivity contribution in [3.8, 4) is 0 Å². The SMILES string of the molecule is COC(=O)C(Cc1ccccc1)NC(=O)CC(N)c1ccccc1. The molecule has 0 aromatic heterocycles. The largest absolute Gasteiger partial charge is 0.467 e. The Kier molecular flexibility index (Phi) is 6.51. The zero-order valence-electron chi connectivity index (χ0n) is 13.6. The summed E-state index contributed by atoms with van der Waals surface area (Å²) >= 11 is 0. The molecule has 5 nitrogen and oxygen atoms in total. The van der Waals surface area contributed by atoms with E-state index in [0.717, 1.165) is 11.1 Å². The average molecular weight is 326 g/mol. The number of amides is 1. The number of carbonyl (C=O) groups is 2. The summed E-state index contributed by atoms with van der Waals surface area (Å²) in [5.41, 5.74) is 7.88. The first-order valence-electron chi connectivity index (χ1n) is 7.81. The number of benzene rings is 2. The van der Waals surface area contributed by atoms with E-state index < -0.39 is 18.1 Å². The maximum atomic E-state index is 12.2. The first-order valence-corrected chi connectivity index (χ1v) is 7.81. The molecule has 0 aliphatic carbocycles. The van der Waals surface area contributed by atoms with E-state index in [1.165, 1.54) is 7.11 Å². The number of nitrogens with one attached hydrogen (secondary N) is 1. The van der Waals surface area contributed by atoms with Crippen LogP contribution in [0.15, 0.2) is 60.7 Å². The summed E-state index contributed by atoms with van der Waals surface area (Å²) in [7, 11) is 1.31. The minimum atomic E-state index is -0.729. The number of esters is 1. The van der Waals surface area contributed by atoms with E-state index >= 15 is 0 Å². The number of methoxy groups -OCH3 is 1. The molecule has 0 aliphatic rings. The second-order valence-corrected chi connectivity index (χ2v) is 5.55. The fraction of sp³-hybridized carbons (Fsp3) is 0.263. The molecule has 0 radical (unpaired) electrons. The van der Waals surface area contributed by atoms with E-state index in [9.17, 15) is 9.59 Å². The third kappa shape index (κ3) is 5.21. The lowest BCUT2D eigenvalue weighted by molar-refractivity contribution is -0.145. The molecule has 2 atom stereocenters. The van der Waals surface area contributed by atoms with Gasteiger partial charge in [-0.1, -0.05) is 60.7 Å². The Morgan fingerprint density at radius 3 is 2.21 bits per heavy atom. The third-order valence-electron chi connectivity index (χ3n) is 3.74. The highest BCUT2D eigenvalue weighted by Gasteiger charge is 2.23. The molecule has 126 valence electrons. The third-order valence-corrected chi connectivity index (χ3v) is 3.74. The molecular formula is C19H22N2O3. The van der Waals surface area contributed by atoms with E-state index in [4.69, 9.17) is 10.5 Å². The number of hydrogen-bond donors (Lipinski definition) is 2. The van der Waals surface area contributed by atoms with E-state index in [1.807, 2.05) is 60.7 Å². The molecular weight excluding hydrogens is 304 g/mol. The van der Waals surface area contributed by atoms with Crippen molar-refractivity contribution in [2.45, 2.75) is 24.9 Å². The molecule has 24 heavy (non-hydrogen) atoms. The molecule has 0 heterocycles. The number of nitrogens with two attached hydrogens (primary N) is 1. The molecule has 0 aliphatic heterocycles. The van der Waals surface area contributed by atoms with Crippen molar-refractivity contribution in [1.29, 1.82) is 0 Å². The first kappa shape index (κ1) is 17.7. The van der Waals surface area contributed by atoms with E-state index in [-0.39, 0.29) is 12.3 Å². The van der Waals surface area contributed by atoms with Gasteiger partial charge in [-0.25, -0.2) is 4.79 Å². The summed E-state index contributed by atoms with van der Waals surface area (Å²) < 4.78 is 4.79. The van der Waals surface area contributed by atoms with Crippen LogP contribution in [0.3, 0.4) is 0 Å². The molecule has 0 fully saturated rings. The van der Waals surface area contributed by atoms with Crippen LogP contribution in [0.25, 0.3) is 0 Å². The zero-order valence-corrected chi connectivity index (χ0v) is 13.6. The second kappa shape index (κ2) is 8.84. The van der Waals surface area contributed by atoms with Crippen molar-refractivity contribution in [3.63, 3.8) is 0 Å². The van der Waals surface area contributed by atoms with Crippen LogP contribution < -0.4 is 11.1 Å². The van der Waals surface area contributed by atoms with Gasteiger partial charge in [0.1, 0.15) is 6.04 Å². The second-order valence-electron chi connectivity index (χ2n) is 5.55. The van der Waals surface area contributed by atoms with Crippen LogP contribution in [0.4, 0.5) is 0 Å². The molecule has 2 unspecified atom stereocenters. The molecule has 1 amide bonds. The van der Waals surface area contributed by atoms with Gasteiger partial charge in [0, 0.05) is 18.9 Å². The van der Waals surface area contributed by atoms with Gasteiger partial charge in [0.15, 0.2) is 0 Å². The van der Waals surface area contributed by atoms with Crippen molar-refractivity contribution in [2.24, 2.45) is 5.73 Å². The van der Waals surface area contributed by atoms with Crippen molar-refractivity contribution in [2.75, 3.05) is 7.11 Å². The summed E-state index contributed by atoms with van der Waals surface area (Å²) in [5, 5.41) is 2.72. The molecule has 0 saturated heterocycles. The highest BCUT2D eigenvalue weighted by Crippen LogP contribution is 2.13. The molecule has 0 spiro atoms. The predicted molar refractivity (Wildman–Crippen MR) is 92.1 cm³/mol. The highest BCUT2D eigenvalue weighted by molar-refractivity contribution is 5.85. The van der Waals surface area contributed by atoms with E-state index in [2.05, 4.69) is 5.32 Å². The van der Waals surface area contributed by atoms with Crippen molar-refractivity contribution < 1.29 is 14.3 Å². The Hall–Kier alpha value is -2.66. The van der Waals surface area contributed by atoms with Crippen LogP contribution in [0.2, 0.25) is 0 Å². The topological polar surface area (TPSA) is 81.4 Å². The van der Waals surface area contributed by atoms with Gasteiger partial charge in [-0.2, -0.15) is 0 Å². The molecule has 2 aromatic rings. The van der Waals surface area contributed by atoms with Gasteiger partial charge in [-0.15, -0.1) is 0 Å². The van der Waals surface area contributed by atoms with Crippen molar-refractivity contribution in [3.05, 3.63) is 71.8 Å². The van der Waals surface area contributed by atoms with Gasteiger partial charge in [-0.3, -0.25) is 4.79 Å². The number of hydrogen-bond acceptors (Lipinski definition) is 4. The van der Waals surface area contributed by atoms with Gasteiger partial charge in [0.05, 0.1) is 7.11 Å². The molecule has 2 rings (SSSR count). The molecule has 2 aromatic carbocycles. The van der Waals surface area contributed by atoms with Gasteiger partial charge in [-0.05, 0) is 11.1 Å². The first-order chi connectivity index (χ1) is 11.6. The summed E-state index contributed by atoms with van der Waals surface area (Å²) in [6.45, 7) is 0. The lowest BCUT2D eigenvalue weighted by atomic mass is 10.0. The molecule has 3 N–H and O–H groups in total. The minimum absolute atomic E-state index is 0.103. The zero-order chi connectivity index (χ0) is 17.4. The molecule has 5 heteroatoms. The van der Waals surface area contributed by atoms with Crippen LogP contribution in [0, 0.1) is 0 Å². The Morgan fingerprint density at radius 1 is 1.04 bits per heavy atom. The summed E-state index contributed by atoms with van der Waals surface area (Å²) in [5.74, 6) is -0.752. The fourth-order valence-electron chi connectivity index (χ4n) is 2.46. The highest BCUT2D eigenvalue weighted by atomic mass is 16.5. The Balaban J connectivity index is 1.98. The van der Waals surface area contributed by atoms with Crippen LogP contribution in [-0.2, 0) is 20.7 Å². The number of rotatable bonds is 7. The summed E-state index contributed by atoms with van der Waals surface area (Å²) in [6, 6.07) is 17.7. The smallest absolute Gasteiger partial charge is 0.328 e. The predicted octanol–water partition coefficient (Wildman–Crippen LogP) is 1.98. The van der Waals surface area contributed by atoms with E-state index in [1.54, 1.807) is 0 Å². The van der Waals surface area contributed by atoms with Crippen LogP contribution in [-0.4, -0.2) is 25.0 Å². The maximum Gasteiger partial charge on any atom is 0.328 e. The van der Waals surface area contributed by atoms with Crippen molar-refractivity contribution >= 4 is 11.9 Å². The van der Waals surface area contributed by atoms with Gasteiger partial charge >= 0.3 is 5.97 Å². The molecule has 0 saturated carbocycles. The standard InChI is InChI=1S/C19H22N2O3/c1-24-19(23)17(12-14-8-4-2-5-9-14)21-18(22)13-16(20)15-10-6-3-7-11-15/h2-11,16-17H,12-13,20H2,1H3,(H,21,22). The Morgan fingerprint density at radius 2 is 1.62 bits per heavy atom. The van der Waals surface area contributed by atoms with Gasteiger partial charge < -0.3 is 15.8 Å².